The second-order valence-electron chi connectivity index (χ2n) is 4.74. The van der Waals surface area contributed by atoms with E-state index < -0.39 is 0 Å². The highest BCUT2D eigenvalue weighted by atomic mass is 79.9. The molecule has 0 aliphatic rings. The number of aryl methyl sites for hydroxylation is 2. The Morgan fingerprint density at radius 3 is 2.53 bits per heavy atom. The van der Waals surface area contributed by atoms with Gasteiger partial charge in [0.05, 0.1) is 28.1 Å². The standard InChI is InChI=1S/C12H21BrN2O2/c1-9-11(13)10(15(4)14-9)8-17-7-6-12(2,3)16-5/h6-8H2,1-5H3. The van der Waals surface area contributed by atoms with Crippen LogP contribution in [0.25, 0.3) is 0 Å². The van der Waals surface area contributed by atoms with Gasteiger partial charge >= 0.3 is 0 Å². The maximum atomic E-state index is 5.66. The summed E-state index contributed by atoms with van der Waals surface area (Å²) >= 11 is 3.52. The summed E-state index contributed by atoms with van der Waals surface area (Å²) in [6, 6.07) is 0. The van der Waals surface area contributed by atoms with Gasteiger partial charge < -0.3 is 9.47 Å². The van der Waals surface area contributed by atoms with E-state index in [-0.39, 0.29) is 5.60 Å². The number of methoxy groups -OCH3 is 1. The van der Waals surface area contributed by atoms with E-state index in [0.717, 1.165) is 22.3 Å². The maximum Gasteiger partial charge on any atom is 0.0896 e. The maximum absolute atomic E-state index is 5.66. The molecular weight excluding hydrogens is 284 g/mol. The third-order valence-electron chi connectivity index (χ3n) is 2.90. The van der Waals surface area contributed by atoms with Crippen LogP contribution in [0, 0.1) is 6.92 Å². The van der Waals surface area contributed by atoms with Crippen LogP contribution in [0.15, 0.2) is 4.47 Å². The fraction of sp³-hybridized carbons (Fsp3) is 0.750. The first-order chi connectivity index (χ1) is 7.87. The number of ether oxygens (including phenoxy) is 2. The first-order valence-corrected chi connectivity index (χ1v) is 6.47. The minimum Gasteiger partial charge on any atom is -0.379 e. The predicted octanol–water partition coefficient (Wildman–Crippen LogP) is 2.82. The molecule has 0 aromatic carbocycles. The van der Waals surface area contributed by atoms with Crippen LogP contribution in [0.5, 0.6) is 0 Å². The van der Waals surface area contributed by atoms with Crippen molar-refractivity contribution < 1.29 is 9.47 Å². The Morgan fingerprint density at radius 2 is 2.06 bits per heavy atom. The van der Waals surface area contributed by atoms with Crippen molar-refractivity contribution >= 4 is 15.9 Å². The molecule has 1 heterocycles. The van der Waals surface area contributed by atoms with Crippen LogP contribution < -0.4 is 0 Å². The Balaban J connectivity index is 2.41. The van der Waals surface area contributed by atoms with Crippen LogP contribution in [-0.2, 0) is 23.1 Å². The molecule has 0 saturated carbocycles. The molecule has 5 heteroatoms. The van der Waals surface area contributed by atoms with Gasteiger partial charge in [-0.05, 0) is 43.1 Å². The third kappa shape index (κ3) is 4.08. The second-order valence-corrected chi connectivity index (χ2v) is 5.53. The molecule has 0 aliphatic heterocycles. The summed E-state index contributed by atoms with van der Waals surface area (Å²) in [5.74, 6) is 0. The van der Waals surface area contributed by atoms with Gasteiger partial charge in [-0.1, -0.05) is 0 Å². The molecule has 0 aliphatic carbocycles. The lowest BCUT2D eigenvalue weighted by Crippen LogP contribution is -2.24. The third-order valence-corrected chi connectivity index (χ3v) is 3.93. The van der Waals surface area contributed by atoms with E-state index >= 15 is 0 Å². The van der Waals surface area contributed by atoms with Crippen molar-refractivity contribution in [3.05, 3.63) is 15.9 Å². The normalized spacial score (nSPS) is 12.1. The molecule has 1 aromatic heterocycles. The molecule has 0 radical (unpaired) electrons. The van der Waals surface area contributed by atoms with Crippen molar-refractivity contribution in [2.75, 3.05) is 13.7 Å². The zero-order chi connectivity index (χ0) is 13.1. The van der Waals surface area contributed by atoms with E-state index in [2.05, 4.69) is 34.9 Å². The van der Waals surface area contributed by atoms with Gasteiger partial charge in [-0.3, -0.25) is 4.68 Å². The quantitative estimate of drug-likeness (QED) is 0.758. The molecule has 1 aromatic rings. The topological polar surface area (TPSA) is 36.3 Å². The van der Waals surface area contributed by atoms with Gasteiger partial charge in [0.25, 0.3) is 0 Å². The summed E-state index contributed by atoms with van der Waals surface area (Å²) in [6.45, 7) is 7.33. The molecule has 0 fully saturated rings. The molecule has 4 nitrogen and oxygen atoms in total. The summed E-state index contributed by atoms with van der Waals surface area (Å²) < 4.78 is 13.9. The number of halogens is 1. The first kappa shape index (κ1) is 14.7. The summed E-state index contributed by atoms with van der Waals surface area (Å²) in [5, 5.41) is 4.32. The average molecular weight is 305 g/mol. The van der Waals surface area contributed by atoms with E-state index in [1.54, 1.807) is 7.11 Å². The summed E-state index contributed by atoms with van der Waals surface area (Å²) in [4.78, 5) is 0. The SMILES string of the molecule is COC(C)(C)CCOCc1c(Br)c(C)nn1C. The first-order valence-electron chi connectivity index (χ1n) is 5.68. The minimum absolute atomic E-state index is 0.125. The molecule has 1 rings (SSSR count). The molecule has 0 spiro atoms. The summed E-state index contributed by atoms with van der Waals surface area (Å²) in [5.41, 5.74) is 1.93. The molecule has 0 amide bonds. The van der Waals surface area contributed by atoms with Gasteiger partial charge in [0.2, 0.25) is 0 Å². The second kappa shape index (κ2) is 5.98. The highest BCUT2D eigenvalue weighted by Crippen LogP contribution is 2.21. The van der Waals surface area contributed by atoms with Gasteiger partial charge in [0.15, 0.2) is 0 Å². The Kier molecular flexibility index (Phi) is 5.16. The number of aromatic nitrogens is 2. The van der Waals surface area contributed by atoms with E-state index in [9.17, 15) is 0 Å². The Labute approximate surface area is 111 Å². The fourth-order valence-electron chi connectivity index (χ4n) is 1.43. The zero-order valence-electron chi connectivity index (χ0n) is 11.2. The van der Waals surface area contributed by atoms with Crippen molar-refractivity contribution in [3.63, 3.8) is 0 Å². The van der Waals surface area contributed by atoms with Crippen molar-refractivity contribution in [2.24, 2.45) is 7.05 Å². The molecular formula is C12H21BrN2O2. The van der Waals surface area contributed by atoms with E-state index in [0.29, 0.717) is 13.2 Å². The number of hydrogen-bond donors (Lipinski definition) is 0. The van der Waals surface area contributed by atoms with E-state index in [1.807, 2.05) is 18.7 Å². The van der Waals surface area contributed by atoms with E-state index in [4.69, 9.17) is 9.47 Å². The molecule has 0 bridgehead atoms. The fourth-order valence-corrected chi connectivity index (χ4v) is 1.88. The van der Waals surface area contributed by atoms with Crippen molar-refractivity contribution in [1.29, 1.82) is 0 Å². The van der Waals surface area contributed by atoms with Crippen molar-refractivity contribution in [1.82, 2.24) is 9.78 Å². The van der Waals surface area contributed by atoms with Gasteiger partial charge in [-0.15, -0.1) is 0 Å². The summed E-state index contributed by atoms with van der Waals surface area (Å²) in [7, 11) is 3.65. The van der Waals surface area contributed by atoms with Gasteiger partial charge in [0, 0.05) is 20.8 Å². The highest BCUT2D eigenvalue weighted by molar-refractivity contribution is 9.10. The van der Waals surface area contributed by atoms with Crippen LogP contribution in [0.2, 0.25) is 0 Å². The highest BCUT2D eigenvalue weighted by Gasteiger charge is 2.16. The van der Waals surface area contributed by atoms with Crippen LogP contribution in [-0.4, -0.2) is 29.1 Å². The smallest absolute Gasteiger partial charge is 0.0896 e. The Morgan fingerprint density at radius 1 is 1.41 bits per heavy atom. The number of nitrogens with zero attached hydrogens (tertiary/aromatic N) is 2. The van der Waals surface area contributed by atoms with E-state index in [1.165, 1.54) is 0 Å². The Hall–Kier alpha value is -0.390. The van der Waals surface area contributed by atoms with Crippen LogP contribution in [0.3, 0.4) is 0 Å². The van der Waals surface area contributed by atoms with Crippen molar-refractivity contribution in [3.8, 4) is 0 Å². The lowest BCUT2D eigenvalue weighted by atomic mass is 10.1. The molecule has 0 unspecified atom stereocenters. The summed E-state index contributed by atoms with van der Waals surface area (Å²) in [6.07, 6.45) is 0.873. The van der Waals surface area contributed by atoms with Crippen LogP contribution in [0.4, 0.5) is 0 Å². The Bertz CT molecular complexity index is 375. The predicted molar refractivity (Wildman–Crippen MR) is 71.0 cm³/mol. The average Bonchev–Trinajstić information content (AvgIpc) is 2.50. The van der Waals surface area contributed by atoms with Gasteiger partial charge in [-0.25, -0.2) is 0 Å². The zero-order valence-corrected chi connectivity index (χ0v) is 12.8. The molecule has 17 heavy (non-hydrogen) atoms. The molecule has 0 atom stereocenters. The monoisotopic (exact) mass is 304 g/mol. The number of hydrogen-bond acceptors (Lipinski definition) is 3. The van der Waals surface area contributed by atoms with Gasteiger partial charge in [0.1, 0.15) is 0 Å². The number of rotatable bonds is 6. The largest absolute Gasteiger partial charge is 0.379 e. The lowest BCUT2D eigenvalue weighted by molar-refractivity contribution is -0.0131. The van der Waals surface area contributed by atoms with Gasteiger partial charge in [-0.2, -0.15) is 5.10 Å². The molecule has 0 saturated heterocycles. The lowest BCUT2D eigenvalue weighted by Gasteiger charge is -2.22. The van der Waals surface area contributed by atoms with Crippen molar-refractivity contribution in [2.45, 2.75) is 39.4 Å². The molecule has 98 valence electrons. The molecule has 0 N–H and O–H groups in total. The van der Waals surface area contributed by atoms with Crippen LogP contribution >= 0.6 is 15.9 Å². The van der Waals surface area contributed by atoms with Crippen LogP contribution in [0.1, 0.15) is 31.7 Å². The minimum atomic E-state index is -0.125.